The first-order valence-electron chi connectivity index (χ1n) is 8.91. The van der Waals surface area contributed by atoms with E-state index in [4.69, 9.17) is 9.47 Å². The van der Waals surface area contributed by atoms with Gasteiger partial charge in [-0.2, -0.15) is 0 Å². The third kappa shape index (κ3) is 3.89. The smallest absolute Gasteiger partial charge is 0.264 e. The second-order valence-corrected chi connectivity index (χ2v) is 8.50. The number of hydrogen-bond acceptors (Lipinski definition) is 5. The first kappa shape index (κ1) is 18.5. The van der Waals surface area contributed by atoms with Crippen molar-refractivity contribution in [1.82, 2.24) is 5.32 Å². The summed E-state index contributed by atoms with van der Waals surface area (Å²) in [6.07, 6.45) is 1.75. The van der Waals surface area contributed by atoms with Gasteiger partial charge in [-0.3, -0.25) is 9.10 Å². The Labute approximate surface area is 162 Å². The van der Waals surface area contributed by atoms with Gasteiger partial charge in [-0.15, -0.1) is 0 Å². The molecule has 0 aromatic heterocycles. The van der Waals surface area contributed by atoms with Crippen molar-refractivity contribution in [3.05, 3.63) is 48.3 Å². The van der Waals surface area contributed by atoms with E-state index in [-0.39, 0.29) is 16.6 Å². The number of fused-ring (bicyclic) bond motifs is 1. The number of ether oxygens (including phenoxy) is 2. The SMILES string of the molecule is O=C(CN(c1cccc(F)c1)S(=O)(=O)c1ccc2c(c1)OCCO2)NC1CC1. The van der Waals surface area contributed by atoms with E-state index in [9.17, 15) is 17.6 Å². The van der Waals surface area contributed by atoms with Gasteiger partial charge in [-0.05, 0) is 43.2 Å². The lowest BCUT2D eigenvalue weighted by Crippen LogP contribution is -2.41. The van der Waals surface area contributed by atoms with Crippen LogP contribution >= 0.6 is 0 Å². The highest BCUT2D eigenvalue weighted by Gasteiger charge is 2.31. The summed E-state index contributed by atoms with van der Waals surface area (Å²) in [6, 6.07) is 9.47. The molecule has 0 spiro atoms. The molecule has 7 nitrogen and oxygen atoms in total. The molecule has 0 atom stereocenters. The minimum Gasteiger partial charge on any atom is -0.486 e. The number of amides is 1. The number of nitrogens with one attached hydrogen (secondary N) is 1. The Bertz CT molecular complexity index is 1010. The average Bonchev–Trinajstić information content (AvgIpc) is 3.49. The zero-order valence-electron chi connectivity index (χ0n) is 14.9. The number of halogens is 1. The van der Waals surface area contributed by atoms with Crippen LogP contribution in [0.2, 0.25) is 0 Å². The van der Waals surface area contributed by atoms with E-state index in [1.807, 2.05) is 0 Å². The molecular formula is C19H19FN2O5S. The van der Waals surface area contributed by atoms with Gasteiger partial charge in [0.1, 0.15) is 25.6 Å². The molecule has 1 N–H and O–H groups in total. The molecule has 1 amide bonds. The van der Waals surface area contributed by atoms with Gasteiger partial charge in [0.05, 0.1) is 10.6 Å². The molecule has 4 rings (SSSR count). The number of nitrogens with zero attached hydrogens (tertiary/aromatic N) is 1. The summed E-state index contributed by atoms with van der Waals surface area (Å²) in [4.78, 5) is 12.2. The highest BCUT2D eigenvalue weighted by Crippen LogP contribution is 2.34. The largest absolute Gasteiger partial charge is 0.486 e. The van der Waals surface area contributed by atoms with Gasteiger partial charge in [-0.25, -0.2) is 12.8 Å². The number of carbonyl (C=O) groups is 1. The summed E-state index contributed by atoms with van der Waals surface area (Å²) >= 11 is 0. The highest BCUT2D eigenvalue weighted by molar-refractivity contribution is 7.92. The van der Waals surface area contributed by atoms with Gasteiger partial charge in [0.25, 0.3) is 10.0 Å². The Morgan fingerprint density at radius 1 is 1.11 bits per heavy atom. The second-order valence-electron chi connectivity index (χ2n) is 6.64. The number of carbonyl (C=O) groups excluding carboxylic acids is 1. The fraction of sp³-hybridized carbons (Fsp3) is 0.316. The van der Waals surface area contributed by atoms with E-state index in [1.54, 1.807) is 0 Å². The number of anilines is 1. The van der Waals surface area contributed by atoms with E-state index >= 15 is 0 Å². The molecule has 28 heavy (non-hydrogen) atoms. The molecule has 0 bridgehead atoms. The van der Waals surface area contributed by atoms with Crippen LogP contribution in [0, 0.1) is 5.82 Å². The van der Waals surface area contributed by atoms with E-state index < -0.39 is 28.3 Å². The molecule has 1 saturated carbocycles. The summed E-state index contributed by atoms with van der Waals surface area (Å²) in [6.45, 7) is 0.250. The van der Waals surface area contributed by atoms with Crippen LogP contribution in [0.1, 0.15) is 12.8 Å². The maximum absolute atomic E-state index is 13.7. The van der Waals surface area contributed by atoms with Gasteiger partial charge in [0.2, 0.25) is 5.91 Å². The predicted molar refractivity (Wildman–Crippen MR) is 99.5 cm³/mol. The number of hydrogen-bond donors (Lipinski definition) is 1. The third-order valence-corrected chi connectivity index (χ3v) is 6.20. The van der Waals surface area contributed by atoms with E-state index in [1.165, 1.54) is 36.4 Å². The first-order chi connectivity index (χ1) is 13.4. The molecule has 0 saturated heterocycles. The van der Waals surface area contributed by atoms with Crippen molar-refractivity contribution in [2.45, 2.75) is 23.8 Å². The number of rotatable bonds is 6. The standard InChI is InChI=1S/C19H19FN2O5S/c20-13-2-1-3-15(10-13)22(12-19(23)21-14-4-5-14)28(24,25)16-6-7-17-18(11-16)27-9-8-26-17/h1-3,6-7,10-11,14H,4-5,8-9,12H2,(H,21,23). The molecular weight excluding hydrogens is 387 g/mol. The quantitative estimate of drug-likeness (QED) is 0.794. The van der Waals surface area contributed by atoms with Crippen molar-refractivity contribution in [1.29, 1.82) is 0 Å². The average molecular weight is 406 g/mol. The molecule has 0 radical (unpaired) electrons. The molecule has 1 heterocycles. The minimum atomic E-state index is -4.14. The van der Waals surface area contributed by atoms with Gasteiger partial charge >= 0.3 is 0 Å². The van der Waals surface area contributed by atoms with E-state index in [0.29, 0.717) is 24.7 Å². The van der Waals surface area contributed by atoms with Crippen LogP contribution in [-0.4, -0.2) is 40.1 Å². The van der Waals surface area contributed by atoms with Crippen molar-refractivity contribution in [3.63, 3.8) is 0 Å². The number of benzene rings is 2. The maximum Gasteiger partial charge on any atom is 0.264 e. The Balaban J connectivity index is 1.70. The van der Waals surface area contributed by atoms with Crippen molar-refractivity contribution < 1.29 is 27.1 Å². The van der Waals surface area contributed by atoms with Crippen LogP contribution in [0.25, 0.3) is 0 Å². The number of sulfonamides is 1. The van der Waals surface area contributed by atoms with E-state index in [0.717, 1.165) is 23.2 Å². The van der Waals surface area contributed by atoms with Crippen molar-refractivity contribution in [2.24, 2.45) is 0 Å². The summed E-state index contributed by atoms with van der Waals surface area (Å²) in [5.74, 6) is -0.265. The molecule has 2 aromatic rings. The Morgan fingerprint density at radius 3 is 2.57 bits per heavy atom. The molecule has 148 valence electrons. The predicted octanol–water partition coefficient (Wildman–Crippen LogP) is 2.07. The van der Waals surface area contributed by atoms with Gasteiger partial charge in [-0.1, -0.05) is 6.07 Å². The monoisotopic (exact) mass is 406 g/mol. The van der Waals surface area contributed by atoms with Crippen LogP contribution < -0.4 is 19.1 Å². The Hall–Kier alpha value is -2.81. The first-order valence-corrected chi connectivity index (χ1v) is 10.3. The third-order valence-electron chi connectivity index (χ3n) is 4.43. The molecule has 1 aliphatic heterocycles. The van der Waals surface area contributed by atoms with Gasteiger partial charge in [0.15, 0.2) is 11.5 Å². The van der Waals surface area contributed by atoms with Crippen LogP contribution in [0.4, 0.5) is 10.1 Å². The Kier molecular flexibility index (Phi) is 4.84. The lowest BCUT2D eigenvalue weighted by molar-refractivity contribution is -0.119. The summed E-state index contributed by atoms with van der Waals surface area (Å²) in [7, 11) is -4.14. The normalized spacial score (nSPS) is 15.8. The van der Waals surface area contributed by atoms with Crippen molar-refractivity contribution in [2.75, 3.05) is 24.1 Å². The Morgan fingerprint density at radius 2 is 1.86 bits per heavy atom. The molecule has 2 aliphatic rings. The summed E-state index contributed by atoms with van der Waals surface area (Å²) in [5, 5.41) is 2.76. The lowest BCUT2D eigenvalue weighted by Gasteiger charge is -2.25. The van der Waals surface area contributed by atoms with Gasteiger partial charge < -0.3 is 14.8 Å². The van der Waals surface area contributed by atoms with Gasteiger partial charge in [0, 0.05) is 12.1 Å². The fourth-order valence-corrected chi connectivity index (χ4v) is 4.32. The van der Waals surface area contributed by atoms with Crippen LogP contribution in [-0.2, 0) is 14.8 Å². The van der Waals surface area contributed by atoms with Crippen molar-refractivity contribution >= 4 is 21.6 Å². The molecule has 1 aliphatic carbocycles. The summed E-state index contributed by atoms with van der Waals surface area (Å²) < 4.78 is 52.1. The van der Waals surface area contributed by atoms with Crippen LogP contribution in [0.15, 0.2) is 47.4 Å². The maximum atomic E-state index is 13.7. The molecule has 0 unspecified atom stereocenters. The lowest BCUT2D eigenvalue weighted by atomic mass is 10.3. The second kappa shape index (κ2) is 7.31. The zero-order valence-corrected chi connectivity index (χ0v) is 15.7. The van der Waals surface area contributed by atoms with E-state index in [2.05, 4.69) is 5.32 Å². The topological polar surface area (TPSA) is 84.9 Å². The fourth-order valence-electron chi connectivity index (χ4n) is 2.89. The molecule has 1 fully saturated rings. The zero-order chi connectivity index (χ0) is 19.7. The highest BCUT2D eigenvalue weighted by atomic mass is 32.2. The molecule has 9 heteroatoms. The van der Waals surface area contributed by atoms with Crippen LogP contribution in [0.3, 0.4) is 0 Å². The summed E-state index contributed by atoms with van der Waals surface area (Å²) in [5.41, 5.74) is 0.0702. The molecule has 2 aromatic carbocycles. The minimum absolute atomic E-state index is 0.0692. The van der Waals surface area contributed by atoms with Crippen LogP contribution in [0.5, 0.6) is 11.5 Å². The van der Waals surface area contributed by atoms with Crippen molar-refractivity contribution in [3.8, 4) is 11.5 Å².